The molecular formula is C8H14N2O2. The van der Waals surface area contributed by atoms with Crippen LogP contribution in [0.4, 0.5) is 0 Å². The highest BCUT2D eigenvalue weighted by Crippen LogP contribution is 2.06. The van der Waals surface area contributed by atoms with Gasteiger partial charge in [-0.3, -0.25) is 4.79 Å². The van der Waals surface area contributed by atoms with Crippen LogP contribution in [-0.2, 0) is 9.53 Å². The first-order valence-electron chi connectivity index (χ1n) is 4.45. The number of hydrogen-bond donors (Lipinski definition) is 2. The van der Waals surface area contributed by atoms with Crippen molar-refractivity contribution in [3.63, 3.8) is 0 Å². The third-order valence-electron chi connectivity index (χ3n) is 2.38. The van der Waals surface area contributed by atoms with E-state index in [9.17, 15) is 4.79 Å². The largest absolute Gasteiger partial charge is 0.378 e. The minimum Gasteiger partial charge on any atom is -0.378 e. The molecule has 1 amide bonds. The molecule has 2 fully saturated rings. The third-order valence-corrected chi connectivity index (χ3v) is 2.38. The van der Waals surface area contributed by atoms with Crippen molar-refractivity contribution >= 4 is 5.91 Å². The van der Waals surface area contributed by atoms with Gasteiger partial charge in [0.15, 0.2) is 0 Å². The molecule has 12 heavy (non-hydrogen) atoms. The summed E-state index contributed by atoms with van der Waals surface area (Å²) in [5, 5.41) is 6.26. The monoisotopic (exact) mass is 170 g/mol. The van der Waals surface area contributed by atoms with Crippen molar-refractivity contribution in [1.29, 1.82) is 0 Å². The molecule has 2 saturated heterocycles. The van der Waals surface area contributed by atoms with Crippen LogP contribution in [-0.4, -0.2) is 37.7 Å². The van der Waals surface area contributed by atoms with E-state index in [1.54, 1.807) is 0 Å². The number of nitrogens with one attached hydrogen (secondary N) is 2. The number of hydrogen-bond acceptors (Lipinski definition) is 3. The summed E-state index contributed by atoms with van der Waals surface area (Å²) in [6.45, 7) is 2.53. The smallest absolute Gasteiger partial charge is 0.220 e. The van der Waals surface area contributed by atoms with Gasteiger partial charge in [-0.1, -0.05) is 0 Å². The second kappa shape index (κ2) is 3.41. The van der Waals surface area contributed by atoms with Crippen LogP contribution in [0.25, 0.3) is 0 Å². The summed E-state index contributed by atoms with van der Waals surface area (Å²) >= 11 is 0. The molecule has 1 atom stereocenters. The quantitative estimate of drug-likeness (QED) is 0.586. The molecule has 0 aliphatic carbocycles. The van der Waals surface area contributed by atoms with Crippen LogP contribution in [0.15, 0.2) is 0 Å². The van der Waals surface area contributed by atoms with E-state index in [0.29, 0.717) is 18.5 Å². The summed E-state index contributed by atoms with van der Waals surface area (Å²) in [6.07, 6.45) is 1.66. The normalized spacial score (nSPS) is 30.0. The molecule has 1 unspecified atom stereocenters. The van der Waals surface area contributed by atoms with Crippen molar-refractivity contribution in [2.75, 3.05) is 19.8 Å². The Morgan fingerprint density at radius 1 is 1.58 bits per heavy atom. The Labute approximate surface area is 71.7 Å². The zero-order chi connectivity index (χ0) is 8.39. The fourth-order valence-electron chi connectivity index (χ4n) is 1.49. The summed E-state index contributed by atoms with van der Waals surface area (Å²) in [5.41, 5.74) is 0. The molecule has 2 aliphatic heterocycles. The zero-order valence-electron chi connectivity index (χ0n) is 7.01. The second-order valence-electron chi connectivity index (χ2n) is 3.45. The Hall–Kier alpha value is -0.610. The van der Waals surface area contributed by atoms with Gasteiger partial charge in [0.1, 0.15) is 0 Å². The molecule has 0 aromatic carbocycles. The minimum absolute atomic E-state index is 0.187. The van der Waals surface area contributed by atoms with E-state index in [1.807, 2.05) is 0 Å². The van der Waals surface area contributed by atoms with Crippen LogP contribution >= 0.6 is 0 Å². The molecule has 0 saturated carbocycles. The van der Waals surface area contributed by atoms with Gasteiger partial charge in [-0.2, -0.15) is 0 Å². The third kappa shape index (κ3) is 1.76. The van der Waals surface area contributed by atoms with Crippen molar-refractivity contribution in [3.05, 3.63) is 0 Å². The van der Waals surface area contributed by atoms with Gasteiger partial charge >= 0.3 is 0 Å². The van der Waals surface area contributed by atoms with Gasteiger partial charge in [0.2, 0.25) is 5.91 Å². The average molecular weight is 170 g/mol. The SMILES string of the molecule is O=C1CCC(CNC2COC2)N1. The summed E-state index contributed by atoms with van der Waals surface area (Å²) in [5.74, 6) is 0.187. The fourth-order valence-corrected chi connectivity index (χ4v) is 1.49. The molecule has 2 aliphatic rings. The summed E-state index contributed by atoms with van der Waals surface area (Å²) in [4.78, 5) is 10.8. The molecule has 2 heterocycles. The topological polar surface area (TPSA) is 50.4 Å². The van der Waals surface area contributed by atoms with Gasteiger partial charge in [0, 0.05) is 19.0 Å². The highest BCUT2D eigenvalue weighted by molar-refractivity contribution is 5.78. The van der Waals surface area contributed by atoms with E-state index >= 15 is 0 Å². The molecule has 2 rings (SSSR count). The van der Waals surface area contributed by atoms with E-state index in [0.717, 1.165) is 26.2 Å². The molecular weight excluding hydrogens is 156 g/mol. The zero-order valence-corrected chi connectivity index (χ0v) is 7.01. The number of rotatable bonds is 3. The van der Waals surface area contributed by atoms with E-state index < -0.39 is 0 Å². The Morgan fingerprint density at radius 2 is 2.42 bits per heavy atom. The van der Waals surface area contributed by atoms with Crippen molar-refractivity contribution in [1.82, 2.24) is 10.6 Å². The highest BCUT2D eigenvalue weighted by atomic mass is 16.5. The van der Waals surface area contributed by atoms with Crippen LogP contribution in [0.2, 0.25) is 0 Å². The molecule has 4 heteroatoms. The van der Waals surface area contributed by atoms with Gasteiger partial charge in [-0.15, -0.1) is 0 Å². The van der Waals surface area contributed by atoms with Crippen LogP contribution in [0.5, 0.6) is 0 Å². The molecule has 0 radical (unpaired) electrons. The Bertz CT molecular complexity index is 180. The van der Waals surface area contributed by atoms with Crippen LogP contribution < -0.4 is 10.6 Å². The number of carbonyl (C=O) groups is 1. The highest BCUT2D eigenvalue weighted by Gasteiger charge is 2.23. The van der Waals surface area contributed by atoms with Gasteiger partial charge in [-0.05, 0) is 6.42 Å². The lowest BCUT2D eigenvalue weighted by molar-refractivity contribution is -0.119. The van der Waals surface area contributed by atoms with E-state index in [-0.39, 0.29) is 5.91 Å². The standard InChI is InChI=1S/C8H14N2O2/c11-8-2-1-6(10-8)3-9-7-4-12-5-7/h6-7,9H,1-5H2,(H,10,11). The predicted octanol–water partition coefficient (Wildman–Crippen LogP) is -0.747. The van der Waals surface area contributed by atoms with Gasteiger partial charge < -0.3 is 15.4 Å². The molecule has 2 N–H and O–H groups in total. The summed E-state index contributed by atoms with van der Waals surface area (Å²) < 4.78 is 5.02. The molecule has 0 aromatic heterocycles. The lowest BCUT2D eigenvalue weighted by Crippen LogP contribution is -2.49. The Morgan fingerprint density at radius 3 is 2.92 bits per heavy atom. The molecule has 68 valence electrons. The first-order chi connectivity index (χ1) is 5.84. The van der Waals surface area contributed by atoms with Crippen molar-refractivity contribution in [2.45, 2.75) is 24.9 Å². The molecule has 0 spiro atoms. The first kappa shape index (κ1) is 8.01. The van der Waals surface area contributed by atoms with Crippen LogP contribution in [0, 0.1) is 0 Å². The van der Waals surface area contributed by atoms with Crippen molar-refractivity contribution in [3.8, 4) is 0 Å². The van der Waals surface area contributed by atoms with E-state index in [1.165, 1.54) is 0 Å². The number of carbonyl (C=O) groups excluding carboxylic acids is 1. The number of ether oxygens (including phenoxy) is 1. The maximum Gasteiger partial charge on any atom is 0.220 e. The molecule has 4 nitrogen and oxygen atoms in total. The summed E-state index contributed by atoms with van der Waals surface area (Å²) in [6, 6.07) is 0.862. The van der Waals surface area contributed by atoms with Gasteiger partial charge in [0.05, 0.1) is 19.3 Å². The predicted molar refractivity (Wildman–Crippen MR) is 43.8 cm³/mol. The van der Waals surface area contributed by atoms with E-state index in [4.69, 9.17) is 4.74 Å². The Balaban J connectivity index is 1.63. The minimum atomic E-state index is 0.187. The fraction of sp³-hybridized carbons (Fsp3) is 0.875. The Kier molecular flexibility index (Phi) is 2.28. The van der Waals surface area contributed by atoms with Gasteiger partial charge in [-0.25, -0.2) is 0 Å². The maximum absolute atomic E-state index is 10.8. The molecule has 0 bridgehead atoms. The lowest BCUT2D eigenvalue weighted by atomic mass is 10.2. The van der Waals surface area contributed by atoms with Crippen LogP contribution in [0.1, 0.15) is 12.8 Å². The summed E-state index contributed by atoms with van der Waals surface area (Å²) in [7, 11) is 0. The first-order valence-corrected chi connectivity index (χ1v) is 4.45. The molecule has 0 aromatic rings. The van der Waals surface area contributed by atoms with Crippen molar-refractivity contribution in [2.24, 2.45) is 0 Å². The van der Waals surface area contributed by atoms with Crippen LogP contribution in [0.3, 0.4) is 0 Å². The lowest BCUT2D eigenvalue weighted by Gasteiger charge is -2.28. The van der Waals surface area contributed by atoms with Gasteiger partial charge in [0.25, 0.3) is 0 Å². The second-order valence-corrected chi connectivity index (χ2v) is 3.45. The maximum atomic E-state index is 10.8. The average Bonchev–Trinajstić information content (AvgIpc) is 2.32. The van der Waals surface area contributed by atoms with Crippen molar-refractivity contribution < 1.29 is 9.53 Å². The number of amides is 1. The van der Waals surface area contributed by atoms with E-state index in [2.05, 4.69) is 10.6 Å².